The van der Waals surface area contributed by atoms with Crippen LogP contribution in [0, 0.1) is 13.8 Å². The minimum Gasteiger partial charge on any atom is -0.481 e. The van der Waals surface area contributed by atoms with Crippen molar-refractivity contribution in [2.24, 2.45) is 0 Å². The van der Waals surface area contributed by atoms with Crippen LogP contribution in [0.15, 0.2) is 12.1 Å². The van der Waals surface area contributed by atoms with Crippen LogP contribution in [0.1, 0.15) is 38.8 Å². The van der Waals surface area contributed by atoms with Gasteiger partial charge < -0.3 is 14.8 Å². The molecule has 1 amide bonds. The summed E-state index contributed by atoms with van der Waals surface area (Å²) in [6.45, 7) is 10.5. The molecule has 0 fully saturated rings. The predicted molar refractivity (Wildman–Crippen MR) is 89.9 cm³/mol. The Morgan fingerprint density at radius 1 is 1.22 bits per heavy atom. The topological polar surface area (TPSA) is 64.6 Å². The standard InChI is InChI=1S/C17H24ClNO4/c1-10-7-13(18)8-11(2)15(10)22-9-14(20)23-12(3)16(21)19-17(4,5)6/h7-8,12H,9H2,1-6H3,(H,19,21)/t12-/m1/s1. The second-order valence-electron chi connectivity index (χ2n) is 6.53. The van der Waals surface area contributed by atoms with Gasteiger partial charge in [-0.15, -0.1) is 0 Å². The van der Waals surface area contributed by atoms with Gasteiger partial charge in [0.05, 0.1) is 0 Å². The zero-order valence-corrected chi connectivity index (χ0v) is 15.2. The highest BCUT2D eigenvalue weighted by molar-refractivity contribution is 6.30. The summed E-state index contributed by atoms with van der Waals surface area (Å²) in [6.07, 6.45) is -0.877. The van der Waals surface area contributed by atoms with Gasteiger partial charge >= 0.3 is 5.97 Å². The summed E-state index contributed by atoms with van der Waals surface area (Å²) in [5.41, 5.74) is 1.29. The van der Waals surface area contributed by atoms with E-state index < -0.39 is 12.1 Å². The van der Waals surface area contributed by atoms with Crippen molar-refractivity contribution in [2.75, 3.05) is 6.61 Å². The Kier molecular flexibility index (Phi) is 6.45. The first-order valence-electron chi connectivity index (χ1n) is 7.40. The van der Waals surface area contributed by atoms with Crippen LogP contribution in [0.5, 0.6) is 5.75 Å². The van der Waals surface area contributed by atoms with Gasteiger partial charge in [0, 0.05) is 10.6 Å². The van der Waals surface area contributed by atoms with Crippen LogP contribution in [-0.4, -0.2) is 30.1 Å². The van der Waals surface area contributed by atoms with E-state index in [4.69, 9.17) is 21.1 Å². The summed E-state index contributed by atoms with van der Waals surface area (Å²) in [5.74, 6) is -0.349. The van der Waals surface area contributed by atoms with Crippen molar-refractivity contribution >= 4 is 23.5 Å². The van der Waals surface area contributed by atoms with Crippen LogP contribution in [0.25, 0.3) is 0 Å². The fourth-order valence-corrected chi connectivity index (χ4v) is 2.34. The van der Waals surface area contributed by atoms with Crippen molar-refractivity contribution in [1.29, 1.82) is 0 Å². The molecule has 0 radical (unpaired) electrons. The zero-order chi connectivity index (χ0) is 17.8. The quantitative estimate of drug-likeness (QED) is 0.835. The highest BCUT2D eigenvalue weighted by atomic mass is 35.5. The van der Waals surface area contributed by atoms with E-state index in [1.165, 1.54) is 6.92 Å². The lowest BCUT2D eigenvalue weighted by Gasteiger charge is -2.23. The fourth-order valence-electron chi connectivity index (χ4n) is 2.01. The molecule has 23 heavy (non-hydrogen) atoms. The number of benzene rings is 1. The van der Waals surface area contributed by atoms with Crippen LogP contribution in [0.3, 0.4) is 0 Å². The van der Waals surface area contributed by atoms with Gasteiger partial charge in [-0.05, 0) is 64.8 Å². The van der Waals surface area contributed by atoms with Crippen LogP contribution >= 0.6 is 11.6 Å². The van der Waals surface area contributed by atoms with Crippen molar-refractivity contribution < 1.29 is 19.1 Å². The number of carbonyl (C=O) groups is 2. The normalized spacial score (nSPS) is 12.5. The molecule has 1 N–H and O–H groups in total. The van der Waals surface area contributed by atoms with E-state index in [1.54, 1.807) is 12.1 Å². The maximum absolute atomic E-state index is 11.9. The van der Waals surface area contributed by atoms with Gasteiger partial charge in [0.2, 0.25) is 0 Å². The van der Waals surface area contributed by atoms with Crippen molar-refractivity contribution in [3.05, 3.63) is 28.3 Å². The number of rotatable bonds is 5. The molecule has 0 aliphatic carbocycles. The van der Waals surface area contributed by atoms with Crippen molar-refractivity contribution in [3.63, 3.8) is 0 Å². The molecule has 0 heterocycles. The number of esters is 1. The average Bonchev–Trinajstić information content (AvgIpc) is 2.35. The number of ether oxygens (including phenoxy) is 2. The molecule has 128 valence electrons. The SMILES string of the molecule is Cc1cc(Cl)cc(C)c1OCC(=O)O[C@H](C)C(=O)NC(C)(C)C. The molecular weight excluding hydrogens is 318 g/mol. The minimum atomic E-state index is -0.877. The third-order valence-electron chi connectivity index (χ3n) is 2.94. The first kappa shape index (κ1) is 19.3. The largest absolute Gasteiger partial charge is 0.481 e. The number of hydrogen-bond acceptors (Lipinski definition) is 4. The molecule has 0 saturated carbocycles. The van der Waals surface area contributed by atoms with Gasteiger partial charge in [-0.25, -0.2) is 4.79 Å². The number of halogens is 1. The summed E-state index contributed by atoms with van der Waals surface area (Å²) in [6, 6.07) is 3.52. The lowest BCUT2D eigenvalue weighted by molar-refractivity contribution is -0.157. The minimum absolute atomic E-state index is 0.267. The third kappa shape index (κ3) is 6.48. The zero-order valence-electron chi connectivity index (χ0n) is 14.5. The molecule has 0 aliphatic heterocycles. The number of amides is 1. The van der Waals surface area contributed by atoms with Gasteiger partial charge in [-0.2, -0.15) is 0 Å². The Labute approximate surface area is 142 Å². The highest BCUT2D eigenvalue weighted by Crippen LogP contribution is 2.26. The number of hydrogen-bond donors (Lipinski definition) is 1. The Hall–Kier alpha value is -1.75. The van der Waals surface area contributed by atoms with E-state index in [0.717, 1.165) is 11.1 Å². The maximum atomic E-state index is 11.9. The molecule has 0 aromatic heterocycles. The lowest BCUT2D eigenvalue weighted by Crippen LogP contribution is -2.46. The predicted octanol–water partition coefficient (Wildman–Crippen LogP) is 3.18. The number of aryl methyl sites for hydroxylation is 2. The summed E-state index contributed by atoms with van der Waals surface area (Å²) < 4.78 is 10.6. The van der Waals surface area contributed by atoms with Crippen molar-refractivity contribution in [2.45, 2.75) is 53.2 Å². The Bertz CT molecular complexity index is 570. The average molecular weight is 342 g/mol. The molecular formula is C17H24ClNO4. The van der Waals surface area contributed by atoms with Crippen LogP contribution < -0.4 is 10.1 Å². The van der Waals surface area contributed by atoms with E-state index >= 15 is 0 Å². The monoisotopic (exact) mass is 341 g/mol. The Morgan fingerprint density at radius 3 is 2.22 bits per heavy atom. The summed E-state index contributed by atoms with van der Waals surface area (Å²) in [7, 11) is 0. The van der Waals surface area contributed by atoms with Gasteiger partial charge in [0.1, 0.15) is 5.75 Å². The molecule has 1 rings (SSSR count). The van der Waals surface area contributed by atoms with E-state index in [1.807, 2.05) is 34.6 Å². The molecule has 1 aromatic rings. The van der Waals surface area contributed by atoms with Crippen LogP contribution in [-0.2, 0) is 14.3 Å². The number of nitrogens with one attached hydrogen (secondary N) is 1. The lowest BCUT2D eigenvalue weighted by atomic mass is 10.1. The second-order valence-corrected chi connectivity index (χ2v) is 6.97. The summed E-state index contributed by atoms with van der Waals surface area (Å²) >= 11 is 5.95. The van der Waals surface area contributed by atoms with Crippen LogP contribution in [0.2, 0.25) is 5.02 Å². The molecule has 6 heteroatoms. The van der Waals surface area contributed by atoms with Crippen molar-refractivity contribution in [3.8, 4) is 5.75 Å². The highest BCUT2D eigenvalue weighted by Gasteiger charge is 2.22. The van der Waals surface area contributed by atoms with E-state index in [-0.39, 0.29) is 18.1 Å². The van der Waals surface area contributed by atoms with Gasteiger partial charge in [0.15, 0.2) is 12.7 Å². The first-order chi connectivity index (χ1) is 10.5. The summed E-state index contributed by atoms with van der Waals surface area (Å²) in [5, 5.41) is 3.36. The number of carbonyl (C=O) groups excluding carboxylic acids is 2. The maximum Gasteiger partial charge on any atom is 0.344 e. The summed E-state index contributed by atoms with van der Waals surface area (Å²) in [4.78, 5) is 23.7. The Morgan fingerprint density at radius 2 is 1.74 bits per heavy atom. The van der Waals surface area contributed by atoms with Gasteiger partial charge in [-0.3, -0.25) is 4.79 Å². The van der Waals surface area contributed by atoms with Crippen LogP contribution in [0.4, 0.5) is 0 Å². The molecule has 1 aromatic carbocycles. The molecule has 1 atom stereocenters. The molecule has 0 saturated heterocycles. The van der Waals surface area contributed by atoms with E-state index in [0.29, 0.717) is 10.8 Å². The smallest absolute Gasteiger partial charge is 0.344 e. The van der Waals surface area contributed by atoms with Gasteiger partial charge in [0.25, 0.3) is 5.91 Å². The van der Waals surface area contributed by atoms with E-state index in [2.05, 4.69) is 5.32 Å². The molecule has 5 nitrogen and oxygen atoms in total. The van der Waals surface area contributed by atoms with E-state index in [9.17, 15) is 9.59 Å². The van der Waals surface area contributed by atoms with Gasteiger partial charge in [-0.1, -0.05) is 11.6 Å². The fraction of sp³-hybridized carbons (Fsp3) is 0.529. The third-order valence-corrected chi connectivity index (χ3v) is 3.15. The molecule has 0 spiro atoms. The molecule has 0 unspecified atom stereocenters. The second kappa shape index (κ2) is 7.68. The molecule has 0 bridgehead atoms. The Balaban J connectivity index is 2.57. The van der Waals surface area contributed by atoms with Crippen molar-refractivity contribution in [1.82, 2.24) is 5.32 Å². The first-order valence-corrected chi connectivity index (χ1v) is 7.78. The molecule has 0 aliphatic rings.